The van der Waals surface area contributed by atoms with Gasteiger partial charge >= 0.3 is 0 Å². The summed E-state index contributed by atoms with van der Waals surface area (Å²) in [7, 11) is 0. The lowest BCUT2D eigenvalue weighted by Gasteiger charge is -2.40. The summed E-state index contributed by atoms with van der Waals surface area (Å²) in [5.74, 6) is -0.227. The Morgan fingerprint density at radius 3 is 1.13 bits per heavy atom. The highest BCUT2D eigenvalue weighted by atomic mass is 16.7. The smallest absolute Gasteiger partial charge is 0.220 e. The molecular formula is C76H127NO8. The van der Waals surface area contributed by atoms with Crippen LogP contribution >= 0.6 is 0 Å². The number of hydrogen-bond donors (Lipinski definition) is 6. The summed E-state index contributed by atoms with van der Waals surface area (Å²) in [4.78, 5) is 13.1. The SMILES string of the molecule is CC/C=C\C/C=C\C/C=C\C/C=C\C/C=C\C/C=C\C/C=C\C/C=C\C/C=C\CCCCCC(=O)NC(COC1OC(CO)C(O)C(O)C1O)C(O)/C=C/CC/C=C/CC/C=C/CCCCCCCCCCCCCCCCCCCCCCC. The van der Waals surface area contributed by atoms with Crippen LogP contribution in [-0.2, 0) is 14.3 Å². The van der Waals surface area contributed by atoms with Crippen molar-refractivity contribution in [1.82, 2.24) is 5.32 Å². The Labute approximate surface area is 521 Å². The molecule has 1 aliphatic rings. The standard InChI is InChI=1S/C76H127NO8/c1-3-5-7-9-11-13-15-17-19-21-23-25-27-29-31-33-35-37-39-41-43-45-47-49-51-53-55-57-59-61-63-65-70(79)69(68-84-76-75(83)74(82)73(81)71(67-78)85-76)77-72(80)66-64-62-60-58-56-54-52-50-48-46-44-42-40-38-36-34-32-30-28-26-24-22-20-18-16-14-12-10-8-6-4-2/h6,8,12,14,18,20,24,26,30,32,36,38,42,44,47-50,54-57,63,65,69-71,73-76,78-79,81-83H,3-5,7,9-11,13,15-17,19,21-23,25,27-29,31,33-35,37,39-41,43,45-46,51-53,58-62,64,66-68H2,1-2H3,(H,77,80)/b8-6-,14-12-,20-18-,26-24-,32-30-,38-36-,44-42-,49-47+,50-48-,56-54-,57-55+,65-63+. The van der Waals surface area contributed by atoms with Crippen molar-refractivity contribution in [3.05, 3.63) is 146 Å². The second-order valence-corrected chi connectivity index (χ2v) is 23.2. The van der Waals surface area contributed by atoms with Crippen molar-refractivity contribution in [2.75, 3.05) is 13.2 Å². The number of aliphatic hydroxyl groups is 5. The van der Waals surface area contributed by atoms with E-state index in [1.165, 1.54) is 135 Å². The molecule has 484 valence electrons. The van der Waals surface area contributed by atoms with E-state index in [0.717, 1.165) is 103 Å². The van der Waals surface area contributed by atoms with Crippen LogP contribution in [0, 0.1) is 0 Å². The van der Waals surface area contributed by atoms with Gasteiger partial charge in [0, 0.05) is 6.42 Å². The van der Waals surface area contributed by atoms with E-state index in [9.17, 15) is 30.3 Å². The zero-order chi connectivity index (χ0) is 61.4. The summed E-state index contributed by atoms with van der Waals surface area (Å²) in [6.45, 7) is 3.64. The number of aliphatic hydroxyl groups excluding tert-OH is 5. The third kappa shape index (κ3) is 51.8. The van der Waals surface area contributed by atoms with Crippen molar-refractivity contribution >= 4 is 5.91 Å². The molecule has 0 aliphatic carbocycles. The first kappa shape index (κ1) is 79.1. The summed E-state index contributed by atoms with van der Waals surface area (Å²) in [6, 6.07) is -0.860. The average Bonchev–Trinajstić information content (AvgIpc) is 3.54. The predicted octanol–water partition coefficient (Wildman–Crippen LogP) is 19.0. The maximum atomic E-state index is 13.1. The van der Waals surface area contributed by atoms with E-state index in [2.05, 4.69) is 153 Å². The van der Waals surface area contributed by atoms with E-state index >= 15 is 0 Å². The summed E-state index contributed by atoms with van der Waals surface area (Å²) in [6.07, 6.45) is 90.9. The molecule has 9 heteroatoms. The molecule has 1 rings (SSSR count). The highest BCUT2D eigenvalue weighted by Gasteiger charge is 2.44. The molecule has 0 aromatic carbocycles. The van der Waals surface area contributed by atoms with Gasteiger partial charge in [-0.25, -0.2) is 0 Å². The zero-order valence-corrected chi connectivity index (χ0v) is 54.1. The first-order valence-electron chi connectivity index (χ1n) is 34.6. The van der Waals surface area contributed by atoms with E-state index < -0.39 is 49.5 Å². The summed E-state index contributed by atoms with van der Waals surface area (Å²) in [5, 5.41) is 54.7. The first-order valence-corrected chi connectivity index (χ1v) is 34.6. The van der Waals surface area contributed by atoms with Crippen LogP contribution in [0.15, 0.2) is 146 Å². The van der Waals surface area contributed by atoms with Gasteiger partial charge in [-0.05, 0) is 116 Å². The molecule has 1 amide bonds. The Kier molecular flexibility index (Phi) is 58.7. The van der Waals surface area contributed by atoms with Crippen LogP contribution in [0.25, 0.3) is 0 Å². The molecule has 1 fully saturated rings. The molecule has 0 spiro atoms. The van der Waals surface area contributed by atoms with Gasteiger partial charge in [0.15, 0.2) is 6.29 Å². The van der Waals surface area contributed by atoms with Crippen LogP contribution in [0.2, 0.25) is 0 Å². The second kappa shape index (κ2) is 63.1. The lowest BCUT2D eigenvalue weighted by Crippen LogP contribution is -2.60. The largest absolute Gasteiger partial charge is 0.394 e. The molecule has 0 radical (unpaired) electrons. The molecule has 0 saturated carbocycles. The van der Waals surface area contributed by atoms with Crippen LogP contribution in [0.1, 0.15) is 271 Å². The summed E-state index contributed by atoms with van der Waals surface area (Å²) >= 11 is 0. The number of nitrogens with one attached hydrogen (secondary N) is 1. The number of hydrogen-bond acceptors (Lipinski definition) is 8. The highest BCUT2D eigenvalue weighted by molar-refractivity contribution is 5.76. The topological polar surface area (TPSA) is 149 Å². The van der Waals surface area contributed by atoms with Gasteiger partial charge < -0.3 is 40.3 Å². The number of allylic oxidation sites excluding steroid dienone is 23. The fourth-order valence-electron chi connectivity index (χ4n) is 10.0. The predicted molar refractivity (Wildman–Crippen MR) is 363 cm³/mol. The summed E-state index contributed by atoms with van der Waals surface area (Å²) in [5.41, 5.74) is 0. The summed E-state index contributed by atoms with van der Waals surface area (Å²) < 4.78 is 11.3. The molecule has 0 bridgehead atoms. The molecule has 85 heavy (non-hydrogen) atoms. The Morgan fingerprint density at radius 1 is 0.412 bits per heavy atom. The van der Waals surface area contributed by atoms with Gasteiger partial charge in [-0.15, -0.1) is 0 Å². The van der Waals surface area contributed by atoms with Gasteiger partial charge in [-0.1, -0.05) is 295 Å². The molecule has 0 aromatic heterocycles. The van der Waals surface area contributed by atoms with E-state index in [1.807, 2.05) is 6.08 Å². The van der Waals surface area contributed by atoms with Gasteiger partial charge in [0.1, 0.15) is 24.4 Å². The van der Waals surface area contributed by atoms with Crippen molar-refractivity contribution in [1.29, 1.82) is 0 Å². The van der Waals surface area contributed by atoms with E-state index in [-0.39, 0.29) is 18.9 Å². The van der Waals surface area contributed by atoms with Gasteiger partial charge in [0.25, 0.3) is 0 Å². The molecular weight excluding hydrogens is 1050 g/mol. The highest BCUT2D eigenvalue weighted by Crippen LogP contribution is 2.23. The third-order valence-electron chi connectivity index (χ3n) is 15.4. The minimum absolute atomic E-state index is 0.227. The number of unbranched alkanes of at least 4 members (excludes halogenated alkanes) is 26. The molecule has 7 atom stereocenters. The Balaban J connectivity index is 2.24. The molecule has 6 N–H and O–H groups in total. The zero-order valence-electron chi connectivity index (χ0n) is 54.1. The van der Waals surface area contributed by atoms with Gasteiger partial charge in [-0.2, -0.15) is 0 Å². The molecule has 1 aliphatic heterocycles. The molecule has 1 heterocycles. The number of ether oxygens (including phenoxy) is 2. The van der Waals surface area contributed by atoms with Gasteiger partial charge in [0.2, 0.25) is 5.91 Å². The fourth-order valence-corrected chi connectivity index (χ4v) is 10.0. The van der Waals surface area contributed by atoms with E-state index in [0.29, 0.717) is 12.8 Å². The van der Waals surface area contributed by atoms with Crippen LogP contribution in [0.4, 0.5) is 0 Å². The van der Waals surface area contributed by atoms with Crippen molar-refractivity contribution in [3.63, 3.8) is 0 Å². The lowest BCUT2D eigenvalue weighted by molar-refractivity contribution is -0.302. The minimum Gasteiger partial charge on any atom is -0.394 e. The Hall–Kier alpha value is -3.93. The number of amides is 1. The monoisotopic (exact) mass is 1180 g/mol. The minimum atomic E-state index is -1.59. The molecule has 7 unspecified atom stereocenters. The molecule has 9 nitrogen and oxygen atoms in total. The molecule has 0 aromatic rings. The number of carbonyl (C=O) groups excluding carboxylic acids is 1. The van der Waals surface area contributed by atoms with Crippen LogP contribution < -0.4 is 5.32 Å². The Morgan fingerprint density at radius 2 is 0.741 bits per heavy atom. The fraction of sp³-hybridized carbons (Fsp3) is 0.671. The quantitative estimate of drug-likeness (QED) is 0.0261. The normalized spacial score (nSPS) is 19.1. The van der Waals surface area contributed by atoms with Crippen LogP contribution in [-0.4, -0.2) is 87.5 Å². The van der Waals surface area contributed by atoms with E-state index in [1.54, 1.807) is 6.08 Å². The average molecular weight is 1180 g/mol. The van der Waals surface area contributed by atoms with Crippen molar-refractivity contribution < 1.29 is 39.8 Å². The van der Waals surface area contributed by atoms with Crippen molar-refractivity contribution in [2.45, 2.75) is 314 Å². The maximum Gasteiger partial charge on any atom is 0.220 e. The van der Waals surface area contributed by atoms with Crippen molar-refractivity contribution in [3.8, 4) is 0 Å². The maximum absolute atomic E-state index is 13.1. The third-order valence-corrected chi connectivity index (χ3v) is 15.4. The number of rotatable bonds is 58. The van der Waals surface area contributed by atoms with Gasteiger partial charge in [-0.3, -0.25) is 4.79 Å². The Bertz CT molecular complexity index is 1850. The lowest BCUT2D eigenvalue weighted by atomic mass is 9.99. The van der Waals surface area contributed by atoms with Gasteiger partial charge in [0.05, 0.1) is 25.4 Å². The van der Waals surface area contributed by atoms with E-state index in [4.69, 9.17) is 9.47 Å². The number of carbonyl (C=O) groups is 1. The second-order valence-electron chi connectivity index (χ2n) is 23.2. The first-order chi connectivity index (χ1) is 41.8. The van der Waals surface area contributed by atoms with Crippen LogP contribution in [0.5, 0.6) is 0 Å². The molecule has 1 saturated heterocycles. The van der Waals surface area contributed by atoms with Crippen LogP contribution in [0.3, 0.4) is 0 Å². The van der Waals surface area contributed by atoms with Crippen molar-refractivity contribution in [2.24, 2.45) is 0 Å².